The van der Waals surface area contributed by atoms with E-state index in [4.69, 9.17) is 8.83 Å². The third-order valence-corrected chi connectivity index (χ3v) is 14.6. The van der Waals surface area contributed by atoms with Crippen LogP contribution in [-0.2, 0) is 5.41 Å². The van der Waals surface area contributed by atoms with Gasteiger partial charge in [-0.05, 0) is 127 Å². The van der Waals surface area contributed by atoms with Gasteiger partial charge in [-0.1, -0.05) is 178 Å². The Morgan fingerprint density at radius 3 is 1.90 bits per heavy atom. The molecule has 0 saturated heterocycles. The first kappa shape index (κ1) is 38.6. The Labute approximate surface area is 393 Å². The fraction of sp³-hybridized carbons (Fsp3) is 0.0462. The number of para-hydroxylation sites is 1. The zero-order valence-electron chi connectivity index (χ0n) is 37.6. The lowest BCUT2D eigenvalue weighted by atomic mass is 9.82. The Morgan fingerprint density at radius 2 is 1.00 bits per heavy atom. The van der Waals surface area contributed by atoms with Crippen LogP contribution in [0.15, 0.2) is 233 Å². The number of hydrogen-bond acceptors (Lipinski definition) is 3. The third kappa shape index (κ3) is 5.72. The lowest BCUT2D eigenvalue weighted by Crippen LogP contribution is -2.16. The molecule has 14 rings (SSSR count). The lowest BCUT2D eigenvalue weighted by Gasteiger charge is -2.29. The van der Waals surface area contributed by atoms with Crippen molar-refractivity contribution in [2.75, 3.05) is 4.90 Å². The van der Waals surface area contributed by atoms with Crippen molar-refractivity contribution in [3.63, 3.8) is 0 Å². The SMILES string of the molecule is CC1(C)c2ccccc2-c2ccc(N(c3cccc(-c4ccccc4)c3)c3cccc4oc5c6ccccc6c(-c6ccc(-c7ccc8ccccc8c7)c7c6oc6ccccc67)cc5c34)cc21. The molecule has 3 heteroatoms. The van der Waals surface area contributed by atoms with Crippen molar-refractivity contribution in [2.24, 2.45) is 0 Å². The van der Waals surface area contributed by atoms with Crippen LogP contribution in [0.25, 0.3) is 110 Å². The maximum Gasteiger partial charge on any atom is 0.143 e. The number of benzene rings is 11. The number of nitrogens with zero attached hydrogens (tertiary/aromatic N) is 1. The van der Waals surface area contributed by atoms with Gasteiger partial charge in [0.15, 0.2) is 0 Å². The lowest BCUT2D eigenvalue weighted by molar-refractivity contribution is 0.660. The highest BCUT2D eigenvalue weighted by Gasteiger charge is 2.36. The number of furan rings is 2. The minimum absolute atomic E-state index is 0.173. The van der Waals surface area contributed by atoms with Gasteiger partial charge in [0.1, 0.15) is 22.3 Å². The summed E-state index contributed by atoms with van der Waals surface area (Å²) in [6.07, 6.45) is 0. The van der Waals surface area contributed by atoms with Crippen LogP contribution in [0.2, 0.25) is 0 Å². The Bertz CT molecular complexity index is 4190. The van der Waals surface area contributed by atoms with E-state index in [1.54, 1.807) is 0 Å². The highest BCUT2D eigenvalue weighted by molar-refractivity contribution is 6.25. The van der Waals surface area contributed by atoms with Crippen LogP contribution in [0.5, 0.6) is 0 Å². The third-order valence-electron chi connectivity index (χ3n) is 14.6. The second-order valence-electron chi connectivity index (χ2n) is 18.8. The molecule has 320 valence electrons. The summed E-state index contributed by atoms with van der Waals surface area (Å²) in [7, 11) is 0. The van der Waals surface area contributed by atoms with Gasteiger partial charge < -0.3 is 13.7 Å². The minimum atomic E-state index is -0.173. The van der Waals surface area contributed by atoms with E-state index in [2.05, 4.69) is 243 Å². The van der Waals surface area contributed by atoms with Crippen molar-refractivity contribution >= 4 is 82.5 Å². The summed E-state index contributed by atoms with van der Waals surface area (Å²) in [6, 6.07) is 81.3. The van der Waals surface area contributed by atoms with Crippen LogP contribution in [0.4, 0.5) is 17.1 Å². The molecule has 68 heavy (non-hydrogen) atoms. The van der Waals surface area contributed by atoms with Crippen molar-refractivity contribution in [3.05, 3.63) is 236 Å². The molecule has 11 aromatic carbocycles. The van der Waals surface area contributed by atoms with Gasteiger partial charge in [0.2, 0.25) is 0 Å². The maximum absolute atomic E-state index is 7.06. The first-order chi connectivity index (χ1) is 33.5. The summed E-state index contributed by atoms with van der Waals surface area (Å²) in [5.74, 6) is 0. The Balaban J connectivity index is 1.03. The molecule has 0 N–H and O–H groups in total. The molecular weight excluding hydrogens is 827 g/mol. The Morgan fingerprint density at radius 1 is 0.338 bits per heavy atom. The van der Waals surface area contributed by atoms with Crippen molar-refractivity contribution in [2.45, 2.75) is 19.3 Å². The van der Waals surface area contributed by atoms with Crippen LogP contribution in [0, 0.1) is 0 Å². The molecule has 1 aliphatic rings. The first-order valence-corrected chi connectivity index (χ1v) is 23.5. The van der Waals surface area contributed by atoms with E-state index >= 15 is 0 Å². The fourth-order valence-corrected chi connectivity index (χ4v) is 11.4. The predicted octanol–water partition coefficient (Wildman–Crippen LogP) is 18.6. The van der Waals surface area contributed by atoms with Gasteiger partial charge >= 0.3 is 0 Å². The molecule has 0 amide bonds. The highest BCUT2D eigenvalue weighted by Crippen LogP contribution is 2.53. The molecule has 0 atom stereocenters. The largest absolute Gasteiger partial charge is 0.455 e. The van der Waals surface area contributed by atoms with E-state index in [0.717, 1.165) is 99.5 Å². The molecule has 0 unspecified atom stereocenters. The summed E-state index contributed by atoms with van der Waals surface area (Å²) in [5.41, 5.74) is 18.5. The van der Waals surface area contributed by atoms with E-state index in [-0.39, 0.29) is 5.41 Å². The monoisotopic (exact) mass is 869 g/mol. The van der Waals surface area contributed by atoms with E-state index in [1.807, 2.05) is 0 Å². The van der Waals surface area contributed by atoms with E-state index in [9.17, 15) is 0 Å². The van der Waals surface area contributed by atoms with Gasteiger partial charge in [0.25, 0.3) is 0 Å². The highest BCUT2D eigenvalue weighted by atomic mass is 16.3. The zero-order chi connectivity index (χ0) is 45.1. The number of fused-ring (bicyclic) bond motifs is 12. The summed E-state index contributed by atoms with van der Waals surface area (Å²) in [5, 5.41) is 8.91. The van der Waals surface area contributed by atoms with Crippen molar-refractivity contribution in [3.8, 4) is 44.5 Å². The normalized spacial score (nSPS) is 13.0. The van der Waals surface area contributed by atoms with Gasteiger partial charge in [-0.25, -0.2) is 0 Å². The Kier molecular flexibility index (Phi) is 8.33. The number of rotatable bonds is 6. The summed E-state index contributed by atoms with van der Waals surface area (Å²) in [4.78, 5) is 2.44. The van der Waals surface area contributed by atoms with Crippen LogP contribution in [0.3, 0.4) is 0 Å². The second-order valence-corrected chi connectivity index (χ2v) is 18.8. The van der Waals surface area contributed by atoms with Crippen LogP contribution in [0.1, 0.15) is 25.0 Å². The van der Waals surface area contributed by atoms with Crippen LogP contribution < -0.4 is 4.90 Å². The molecule has 2 aromatic heterocycles. The smallest absolute Gasteiger partial charge is 0.143 e. The van der Waals surface area contributed by atoms with E-state index in [1.165, 1.54) is 38.6 Å². The quantitative estimate of drug-likeness (QED) is 0.167. The van der Waals surface area contributed by atoms with E-state index in [0.29, 0.717) is 0 Å². The first-order valence-electron chi connectivity index (χ1n) is 23.5. The molecule has 0 radical (unpaired) electrons. The molecule has 0 aliphatic heterocycles. The van der Waals surface area contributed by atoms with Crippen molar-refractivity contribution in [1.82, 2.24) is 0 Å². The summed E-state index contributed by atoms with van der Waals surface area (Å²) < 4.78 is 14.0. The van der Waals surface area contributed by atoms with Gasteiger partial charge in [-0.3, -0.25) is 0 Å². The van der Waals surface area contributed by atoms with Crippen molar-refractivity contribution in [1.29, 1.82) is 0 Å². The molecule has 0 saturated carbocycles. The van der Waals surface area contributed by atoms with Crippen molar-refractivity contribution < 1.29 is 8.83 Å². The van der Waals surface area contributed by atoms with Gasteiger partial charge in [-0.15, -0.1) is 0 Å². The topological polar surface area (TPSA) is 29.5 Å². The van der Waals surface area contributed by atoms with Gasteiger partial charge in [0, 0.05) is 43.9 Å². The zero-order valence-corrected chi connectivity index (χ0v) is 37.6. The average molecular weight is 870 g/mol. The molecule has 1 aliphatic carbocycles. The molecule has 0 bridgehead atoms. The molecular formula is C65H43NO2. The predicted molar refractivity (Wildman–Crippen MR) is 285 cm³/mol. The van der Waals surface area contributed by atoms with Gasteiger partial charge in [-0.2, -0.15) is 0 Å². The summed E-state index contributed by atoms with van der Waals surface area (Å²) >= 11 is 0. The maximum atomic E-state index is 7.06. The van der Waals surface area contributed by atoms with E-state index < -0.39 is 0 Å². The van der Waals surface area contributed by atoms with Crippen LogP contribution >= 0.6 is 0 Å². The molecule has 0 fully saturated rings. The standard InChI is InChI=1S/C65H43NO2/c1-65(2)56-26-12-10-23-49(56)50-33-32-46(38-57(50)65)66(45-21-14-20-43(37-45)40-16-4-3-5-17-40)58-27-15-29-60-62(58)55-39-54(48-22-8-9-24-51(48)63(55)68-60)52-35-34-47(44-31-30-41-18-6-7-19-42(41)36-44)61-53-25-11-13-28-59(53)67-64(52)61/h3-39H,1-2H3. The Hall–Kier alpha value is -8.66. The van der Waals surface area contributed by atoms with Crippen LogP contribution in [-0.4, -0.2) is 0 Å². The second kappa shape index (κ2) is 14.7. The number of hydrogen-bond donors (Lipinski definition) is 0. The molecule has 2 heterocycles. The molecule has 3 nitrogen and oxygen atoms in total. The average Bonchev–Trinajstić information content (AvgIpc) is 4.05. The fourth-order valence-electron chi connectivity index (χ4n) is 11.4. The number of anilines is 3. The minimum Gasteiger partial charge on any atom is -0.455 e. The van der Waals surface area contributed by atoms with Gasteiger partial charge in [0.05, 0.1) is 11.1 Å². The molecule has 13 aromatic rings. The molecule has 0 spiro atoms. The summed E-state index contributed by atoms with van der Waals surface area (Å²) in [6.45, 7) is 4.71.